The number of benzene rings is 2. The van der Waals surface area contributed by atoms with Crippen LogP contribution in [0.1, 0.15) is 20.7 Å². The number of halogens is 2. The molecule has 0 aliphatic rings. The second-order valence-electron chi connectivity index (χ2n) is 4.81. The Labute approximate surface area is 153 Å². The first kappa shape index (κ1) is 18.3. The maximum atomic E-state index is 12.3. The molecule has 0 aromatic heterocycles. The highest BCUT2D eigenvalue weighted by Crippen LogP contribution is 2.35. The Hall–Kier alpha value is -2.05. The van der Waals surface area contributed by atoms with Crippen LogP contribution >= 0.6 is 27.5 Å². The SMILES string of the molecule is COc1cc(C(=O)NCC(=O)c2ccc(Cl)cc2)cc(OC)c1Br. The van der Waals surface area contributed by atoms with Gasteiger partial charge in [0, 0.05) is 16.1 Å². The first-order valence-corrected chi connectivity index (χ1v) is 8.12. The monoisotopic (exact) mass is 411 g/mol. The number of nitrogens with one attached hydrogen (secondary N) is 1. The van der Waals surface area contributed by atoms with Gasteiger partial charge in [0.15, 0.2) is 5.78 Å². The topological polar surface area (TPSA) is 64.6 Å². The van der Waals surface area contributed by atoms with Crippen LogP contribution in [0.4, 0.5) is 0 Å². The van der Waals surface area contributed by atoms with Gasteiger partial charge < -0.3 is 14.8 Å². The number of Topliss-reactive ketones (excluding diaryl/α,β-unsaturated/α-hetero) is 1. The molecule has 2 aromatic carbocycles. The van der Waals surface area contributed by atoms with Gasteiger partial charge in [-0.3, -0.25) is 9.59 Å². The molecular formula is C17H15BrClNO4. The van der Waals surface area contributed by atoms with Crippen molar-refractivity contribution >= 4 is 39.2 Å². The average Bonchev–Trinajstić information content (AvgIpc) is 2.60. The molecule has 0 heterocycles. The van der Waals surface area contributed by atoms with Gasteiger partial charge in [0.1, 0.15) is 16.0 Å². The minimum Gasteiger partial charge on any atom is -0.495 e. The molecule has 126 valence electrons. The Bertz CT molecular complexity index is 737. The maximum Gasteiger partial charge on any atom is 0.251 e. The lowest BCUT2D eigenvalue weighted by molar-refractivity contribution is 0.0903. The number of hydrogen-bond acceptors (Lipinski definition) is 4. The molecule has 0 bridgehead atoms. The maximum absolute atomic E-state index is 12.3. The molecule has 24 heavy (non-hydrogen) atoms. The molecule has 2 aromatic rings. The van der Waals surface area contributed by atoms with Crippen molar-refractivity contribution in [2.24, 2.45) is 0 Å². The Kier molecular flexibility index (Phi) is 6.23. The summed E-state index contributed by atoms with van der Waals surface area (Å²) in [6.45, 7) is -0.124. The number of methoxy groups -OCH3 is 2. The molecular weight excluding hydrogens is 398 g/mol. The second kappa shape index (κ2) is 8.17. The molecule has 0 saturated heterocycles. The fourth-order valence-electron chi connectivity index (χ4n) is 2.00. The summed E-state index contributed by atoms with van der Waals surface area (Å²) in [6, 6.07) is 9.61. The Morgan fingerprint density at radius 3 is 2.08 bits per heavy atom. The van der Waals surface area contributed by atoms with Crippen LogP contribution in [-0.2, 0) is 0 Å². The summed E-state index contributed by atoms with van der Waals surface area (Å²) in [7, 11) is 2.98. The highest BCUT2D eigenvalue weighted by Gasteiger charge is 2.15. The minimum absolute atomic E-state index is 0.124. The van der Waals surface area contributed by atoms with Crippen LogP contribution in [0.5, 0.6) is 11.5 Å². The number of hydrogen-bond donors (Lipinski definition) is 1. The largest absolute Gasteiger partial charge is 0.495 e. The summed E-state index contributed by atoms with van der Waals surface area (Å²) in [4.78, 5) is 24.3. The number of amides is 1. The van der Waals surface area contributed by atoms with Crippen LogP contribution in [0.25, 0.3) is 0 Å². The average molecular weight is 413 g/mol. The van der Waals surface area contributed by atoms with Crippen LogP contribution < -0.4 is 14.8 Å². The zero-order chi connectivity index (χ0) is 17.7. The van der Waals surface area contributed by atoms with Gasteiger partial charge in [-0.25, -0.2) is 0 Å². The lowest BCUT2D eigenvalue weighted by Gasteiger charge is -2.11. The number of ketones is 1. The summed E-state index contributed by atoms with van der Waals surface area (Å²) in [5.41, 5.74) is 0.807. The summed E-state index contributed by atoms with van der Waals surface area (Å²) in [5.74, 6) is 0.310. The molecule has 1 N–H and O–H groups in total. The molecule has 0 saturated carbocycles. The lowest BCUT2D eigenvalue weighted by atomic mass is 10.1. The van der Waals surface area contributed by atoms with Gasteiger partial charge in [-0.2, -0.15) is 0 Å². The van der Waals surface area contributed by atoms with Crippen molar-refractivity contribution < 1.29 is 19.1 Å². The predicted molar refractivity (Wildman–Crippen MR) is 95.4 cm³/mol. The summed E-state index contributed by atoms with van der Waals surface area (Å²) in [5, 5.41) is 3.13. The molecule has 0 spiro atoms. The molecule has 0 aliphatic carbocycles. The van der Waals surface area contributed by atoms with E-state index in [0.717, 1.165) is 0 Å². The Morgan fingerprint density at radius 2 is 1.58 bits per heavy atom. The van der Waals surface area contributed by atoms with E-state index >= 15 is 0 Å². The first-order chi connectivity index (χ1) is 11.5. The predicted octanol–water partition coefficient (Wildman–Crippen LogP) is 3.73. The molecule has 2 rings (SSSR count). The summed E-state index contributed by atoms with van der Waals surface area (Å²) >= 11 is 9.12. The van der Waals surface area contributed by atoms with Gasteiger partial charge in [-0.05, 0) is 52.3 Å². The number of carbonyl (C=O) groups excluding carboxylic acids is 2. The highest BCUT2D eigenvalue weighted by molar-refractivity contribution is 9.10. The van der Waals surface area contributed by atoms with E-state index in [1.165, 1.54) is 14.2 Å². The highest BCUT2D eigenvalue weighted by atomic mass is 79.9. The van der Waals surface area contributed by atoms with Crippen molar-refractivity contribution in [3.05, 3.63) is 57.0 Å². The number of ether oxygens (including phenoxy) is 2. The third kappa shape index (κ3) is 4.27. The van der Waals surface area contributed by atoms with E-state index in [1.807, 2.05) is 0 Å². The van der Waals surface area contributed by atoms with E-state index < -0.39 is 5.91 Å². The smallest absolute Gasteiger partial charge is 0.251 e. The number of carbonyl (C=O) groups is 2. The second-order valence-corrected chi connectivity index (χ2v) is 6.04. The molecule has 5 nitrogen and oxygen atoms in total. The third-order valence-electron chi connectivity index (χ3n) is 3.28. The van der Waals surface area contributed by atoms with Crippen LogP contribution in [0, 0.1) is 0 Å². The molecule has 0 atom stereocenters. The van der Waals surface area contributed by atoms with Crippen LogP contribution in [0.3, 0.4) is 0 Å². The van der Waals surface area contributed by atoms with E-state index in [4.69, 9.17) is 21.1 Å². The standard InChI is InChI=1S/C17H15BrClNO4/c1-23-14-7-11(8-15(24-2)16(14)18)17(22)20-9-13(21)10-3-5-12(19)6-4-10/h3-8H,9H2,1-2H3,(H,20,22). The zero-order valence-electron chi connectivity index (χ0n) is 13.1. The Balaban J connectivity index is 2.09. The van der Waals surface area contributed by atoms with Crippen molar-refractivity contribution in [3.8, 4) is 11.5 Å². The van der Waals surface area contributed by atoms with Crippen molar-refractivity contribution in [3.63, 3.8) is 0 Å². The first-order valence-electron chi connectivity index (χ1n) is 6.94. The van der Waals surface area contributed by atoms with E-state index in [0.29, 0.717) is 32.1 Å². The van der Waals surface area contributed by atoms with Crippen LogP contribution in [-0.4, -0.2) is 32.5 Å². The van der Waals surface area contributed by atoms with Gasteiger partial charge in [0.2, 0.25) is 0 Å². The number of rotatable bonds is 6. The molecule has 7 heteroatoms. The van der Waals surface area contributed by atoms with E-state index in [2.05, 4.69) is 21.2 Å². The van der Waals surface area contributed by atoms with Gasteiger partial charge >= 0.3 is 0 Å². The van der Waals surface area contributed by atoms with Crippen molar-refractivity contribution in [2.45, 2.75) is 0 Å². The van der Waals surface area contributed by atoms with Gasteiger partial charge in [-0.1, -0.05) is 11.6 Å². The molecule has 1 amide bonds. The summed E-state index contributed by atoms with van der Waals surface area (Å²) < 4.78 is 11.0. The molecule has 0 aliphatic heterocycles. The van der Waals surface area contributed by atoms with Crippen molar-refractivity contribution in [2.75, 3.05) is 20.8 Å². The summed E-state index contributed by atoms with van der Waals surface area (Å²) in [6.07, 6.45) is 0. The fourth-order valence-corrected chi connectivity index (χ4v) is 2.68. The molecule has 0 radical (unpaired) electrons. The van der Waals surface area contributed by atoms with Crippen molar-refractivity contribution in [1.29, 1.82) is 0 Å². The zero-order valence-corrected chi connectivity index (χ0v) is 15.4. The lowest BCUT2D eigenvalue weighted by Crippen LogP contribution is -2.29. The van der Waals surface area contributed by atoms with E-state index in [1.54, 1.807) is 36.4 Å². The quantitative estimate of drug-likeness (QED) is 0.734. The van der Waals surface area contributed by atoms with Crippen LogP contribution in [0.15, 0.2) is 40.9 Å². The normalized spacial score (nSPS) is 10.2. The van der Waals surface area contributed by atoms with E-state index in [9.17, 15) is 9.59 Å². The van der Waals surface area contributed by atoms with E-state index in [-0.39, 0.29) is 12.3 Å². The molecule has 0 unspecified atom stereocenters. The third-order valence-corrected chi connectivity index (χ3v) is 4.32. The molecule has 0 fully saturated rings. The van der Waals surface area contributed by atoms with Crippen LogP contribution in [0.2, 0.25) is 5.02 Å². The van der Waals surface area contributed by atoms with Gasteiger partial charge in [0.05, 0.1) is 20.8 Å². The Morgan fingerprint density at radius 1 is 1.04 bits per heavy atom. The van der Waals surface area contributed by atoms with Gasteiger partial charge in [0.25, 0.3) is 5.91 Å². The van der Waals surface area contributed by atoms with Crippen molar-refractivity contribution in [1.82, 2.24) is 5.32 Å². The van der Waals surface area contributed by atoms with Gasteiger partial charge in [-0.15, -0.1) is 0 Å². The minimum atomic E-state index is -0.401. The fraction of sp³-hybridized carbons (Fsp3) is 0.176.